The Kier molecular flexibility index (Phi) is 2.57. The lowest BCUT2D eigenvalue weighted by Gasteiger charge is -2.27. The molecule has 3 atom stereocenters. The Bertz CT molecular complexity index is 338. The molecule has 90 valence electrons. The van der Waals surface area contributed by atoms with Crippen LogP contribution in [0.5, 0.6) is 0 Å². The summed E-state index contributed by atoms with van der Waals surface area (Å²) in [6.07, 6.45) is 1.61. The lowest BCUT2D eigenvalue weighted by molar-refractivity contribution is -0.151. The van der Waals surface area contributed by atoms with Crippen LogP contribution in [0.1, 0.15) is 40.0 Å². The summed E-state index contributed by atoms with van der Waals surface area (Å²) in [5, 5.41) is 0. The van der Waals surface area contributed by atoms with Gasteiger partial charge in [-0.2, -0.15) is 0 Å². The van der Waals surface area contributed by atoms with Crippen LogP contribution in [0.4, 0.5) is 0 Å². The van der Waals surface area contributed by atoms with E-state index in [1.807, 2.05) is 13.8 Å². The smallest absolute Gasteiger partial charge is 0.311 e. The quantitative estimate of drug-likeness (QED) is 0.540. The van der Waals surface area contributed by atoms with Crippen LogP contribution in [0.25, 0.3) is 0 Å². The number of hydrogen-bond donors (Lipinski definition) is 0. The van der Waals surface area contributed by atoms with E-state index in [4.69, 9.17) is 9.47 Å². The molecule has 1 aliphatic carbocycles. The highest BCUT2D eigenvalue weighted by molar-refractivity contribution is 5.95. The Hall–Kier alpha value is -0.900. The molecule has 2 fully saturated rings. The summed E-state index contributed by atoms with van der Waals surface area (Å²) < 4.78 is 10.7. The molecule has 1 heterocycles. The maximum Gasteiger partial charge on any atom is 0.311 e. The van der Waals surface area contributed by atoms with E-state index in [9.17, 15) is 9.59 Å². The first-order valence-corrected chi connectivity index (χ1v) is 5.92. The fraction of sp³-hybridized carbons (Fsp3) is 0.833. The van der Waals surface area contributed by atoms with Gasteiger partial charge in [-0.05, 0) is 26.7 Å². The zero-order valence-electron chi connectivity index (χ0n) is 10.0. The van der Waals surface area contributed by atoms with Gasteiger partial charge >= 0.3 is 5.97 Å². The van der Waals surface area contributed by atoms with Crippen molar-refractivity contribution >= 4 is 11.8 Å². The van der Waals surface area contributed by atoms with Crippen molar-refractivity contribution in [2.75, 3.05) is 6.61 Å². The zero-order valence-corrected chi connectivity index (χ0v) is 10.0. The second-order valence-corrected chi connectivity index (χ2v) is 4.66. The number of fused-ring (bicyclic) bond motifs is 1. The molecule has 0 aromatic rings. The number of Topliss-reactive ketones (excluding diaryl/α,β-unsaturated/α-hetero) is 1. The third-order valence-corrected chi connectivity index (χ3v) is 3.99. The number of carbonyl (C=O) groups is 2. The molecular weight excluding hydrogens is 208 g/mol. The van der Waals surface area contributed by atoms with Gasteiger partial charge in [0, 0.05) is 6.42 Å². The highest BCUT2D eigenvalue weighted by Gasteiger charge is 2.76. The SMILES string of the molecule is CCOC(=O)C1CCC(=O)C2(CC)OC12C. The zero-order chi connectivity index (χ0) is 12.0. The van der Waals surface area contributed by atoms with E-state index in [-0.39, 0.29) is 17.7 Å². The van der Waals surface area contributed by atoms with Gasteiger partial charge in [0.1, 0.15) is 5.60 Å². The lowest BCUT2D eigenvalue weighted by atomic mass is 9.71. The monoisotopic (exact) mass is 226 g/mol. The number of carbonyl (C=O) groups excluding carboxylic acids is 2. The van der Waals surface area contributed by atoms with Crippen molar-refractivity contribution in [2.45, 2.75) is 51.2 Å². The van der Waals surface area contributed by atoms with Gasteiger partial charge < -0.3 is 9.47 Å². The molecule has 0 amide bonds. The summed E-state index contributed by atoms with van der Waals surface area (Å²) >= 11 is 0. The number of ketones is 1. The molecule has 0 bridgehead atoms. The minimum Gasteiger partial charge on any atom is -0.466 e. The summed E-state index contributed by atoms with van der Waals surface area (Å²) in [5.41, 5.74) is -1.33. The van der Waals surface area contributed by atoms with Gasteiger partial charge in [0.15, 0.2) is 11.4 Å². The minimum absolute atomic E-state index is 0.137. The van der Waals surface area contributed by atoms with E-state index in [2.05, 4.69) is 0 Å². The van der Waals surface area contributed by atoms with Crippen LogP contribution in [0.3, 0.4) is 0 Å². The van der Waals surface area contributed by atoms with Gasteiger partial charge in [-0.1, -0.05) is 6.92 Å². The second kappa shape index (κ2) is 3.55. The van der Waals surface area contributed by atoms with Gasteiger partial charge in [-0.15, -0.1) is 0 Å². The van der Waals surface area contributed by atoms with Crippen LogP contribution in [-0.2, 0) is 19.1 Å². The maximum atomic E-state index is 11.8. The Labute approximate surface area is 95.3 Å². The highest BCUT2D eigenvalue weighted by atomic mass is 16.6. The Morgan fingerprint density at radius 2 is 2.25 bits per heavy atom. The largest absolute Gasteiger partial charge is 0.466 e. The molecule has 3 unspecified atom stereocenters. The molecule has 1 saturated heterocycles. The summed E-state index contributed by atoms with van der Waals surface area (Å²) in [5.74, 6) is -0.379. The molecule has 16 heavy (non-hydrogen) atoms. The van der Waals surface area contributed by atoms with Crippen molar-refractivity contribution < 1.29 is 19.1 Å². The molecule has 1 aliphatic heterocycles. The Balaban J connectivity index is 2.20. The first-order valence-electron chi connectivity index (χ1n) is 5.92. The van der Waals surface area contributed by atoms with Crippen LogP contribution in [-0.4, -0.2) is 29.6 Å². The standard InChI is InChI=1S/C12H18O4/c1-4-12-9(13)7-6-8(10(14)15-5-2)11(12,3)16-12/h8H,4-7H2,1-3H3. The third-order valence-electron chi connectivity index (χ3n) is 3.99. The molecule has 2 rings (SSSR count). The lowest BCUT2D eigenvalue weighted by Crippen LogP contribution is -2.45. The van der Waals surface area contributed by atoms with Crippen molar-refractivity contribution in [3.05, 3.63) is 0 Å². The van der Waals surface area contributed by atoms with Crippen LogP contribution in [0, 0.1) is 5.92 Å². The van der Waals surface area contributed by atoms with Crippen molar-refractivity contribution in [3.8, 4) is 0 Å². The summed E-state index contributed by atoms with van der Waals surface area (Å²) in [4.78, 5) is 23.6. The van der Waals surface area contributed by atoms with Gasteiger partial charge in [0.05, 0.1) is 12.5 Å². The number of epoxide rings is 1. The van der Waals surface area contributed by atoms with E-state index in [0.717, 1.165) is 0 Å². The summed E-state index contributed by atoms with van der Waals surface area (Å²) in [7, 11) is 0. The second-order valence-electron chi connectivity index (χ2n) is 4.66. The number of ether oxygens (including phenoxy) is 2. The molecule has 0 spiro atoms. The topological polar surface area (TPSA) is 55.9 Å². The van der Waals surface area contributed by atoms with Crippen molar-refractivity contribution in [1.82, 2.24) is 0 Å². The molecule has 0 N–H and O–H groups in total. The number of rotatable bonds is 3. The summed E-state index contributed by atoms with van der Waals surface area (Å²) in [6, 6.07) is 0. The Morgan fingerprint density at radius 1 is 1.56 bits per heavy atom. The summed E-state index contributed by atoms with van der Waals surface area (Å²) in [6.45, 7) is 5.94. The molecule has 0 radical (unpaired) electrons. The van der Waals surface area contributed by atoms with Crippen molar-refractivity contribution in [3.63, 3.8) is 0 Å². The van der Waals surface area contributed by atoms with Crippen LogP contribution < -0.4 is 0 Å². The predicted molar refractivity (Wildman–Crippen MR) is 56.9 cm³/mol. The van der Waals surface area contributed by atoms with E-state index in [1.165, 1.54) is 0 Å². The fourth-order valence-electron chi connectivity index (χ4n) is 2.98. The average molecular weight is 226 g/mol. The van der Waals surface area contributed by atoms with Gasteiger partial charge in [-0.3, -0.25) is 9.59 Å². The normalized spacial score (nSPS) is 41.4. The molecule has 0 aromatic carbocycles. The predicted octanol–water partition coefficient (Wildman–Crippen LogP) is 1.47. The Morgan fingerprint density at radius 3 is 2.81 bits per heavy atom. The van der Waals surface area contributed by atoms with Crippen LogP contribution >= 0.6 is 0 Å². The molecular formula is C12H18O4. The van der Waals surface area contributed by atoms with Gasteiger partial charge in [0.2, 0.25) is 0 Å². The van der Waals surface area contributed by atoms with Crippen molar-refractivity contribution in [1.29, 1.82) is 0 Å². The maximum absolute atomic E-state index is 11.8. The van der Waals surface area contributed by atoms with E-state index >= 15 is 0 Å². The van der Waals surface area contributed by atoms with E-state index in [1.54, 1.807) is 6.92 Å². The number of esters is 1. The minimum atomic E-state index is -0.706. The molecule has 1 saturated carbocycles. The average Bonchev–Trinajstić information content (AvgIpc) is 2.88. The van der Waals surface area contributed by atoms with Gasteiger partial charge in [0.25, 0.3) is 0 Å². The third kappa shape index (κ3) is 1.25. The van der Waals surface area contributed by atoms with Crippen LogP contribution in [0.2, 0.25) is 0 Å². The van der Waals surface area contributed by atoms with Crippen molar-refractivity contribution in [2.24, 2.45) is 5.92 Å². The molecule has 4 heteroatoms. The fourth-order valence-corrected chi connectivity index (χ4v) is 2.98. The molecule has 4 nitrogen and oxygen atoms in total. The molecule has 0 aromatic heterocycles. The molecule has 2 aliphatic rings. The van der Waals surface area contributed by atoms with E-state index < -0.39 is 11.2 Å². The van der Waals surface area contributed by atoms with Gasteiger partial charge in [-0.25, -0.2) is 0 Å². The van der Waals surface area contributed by atoms with E-state index in [0.29, 0.717) is 25.9 Å². The number of hydrogen-bond acceptors (Lipinski definition) is 4. The van der Waals surface area contributed by atoms with Crippen LogP contribution in [0.15, 0.2) is 0 Å². The first kappa shape index (κ1) is 11.6. The first-order chi connectivity index (χ1) is 7.52. The highest BCUT2D eigenvalue weighted by Crippen LogP contribution is 2.60.